The van der Waals surface area contributed by atoms with E-state index in [0.29, 0.717) is 24.4 Å². The molecule has 0 bridgehead atoms. The van der Waals surface area contributed by atoms with Crippen molar-refractivity contribution in [2.75, 3.05) is 11.9 Å². The highest BCUT2D eigenvalue weighted by molar-refractivity contribution is 6.05. The number of hydrazone groups is 1. The number of hydrogen-bond acceptors (Lipinski definition) is 4. The third-order valence-electron chi connectivity index (χ3n) is 3.12. The maximum Gasteiger partial charge on any atom is 0.269 e. The first-order valence-corrected chi connectivity index (χ1v) is 7.04. The number of hydrogen-bond donors (Lipinski definition) is 2. The topological polar surface area (TPSA) is 79.8 Å². The SMILES string of the molecule is C/C(CC(=O)Nc1ccc(F)cc1)=N/NC(=O)[C@H]1CCCO1. The molecule has 0 aliphatic carbocycles. The molecule has 1 atom stereocenters. The highest BCUT2D eigenvalue weighted by atomic mass is 19.1. The summed E-state index contributed by atoms with van der Waals surface area (Å²) in [5, 5.41) is 6.50. The molecule has 2 rings (SSSR count). The van der Waals surface area contributed by atoms with E-state index >= 15 is 0 Å². The fourth-order valence-electron chi connectivity index (χ4n) is 2.02. The van der Waals surface area contributed by atoms with Crippen LogP contribution in [0.25, 0.3) is 0 Å². The second-order valence-electron chi connectivity index (χ2n) is 5.06. The van der Waals surface area contributed by atoms with Gasteiger partial charge in [0.25, 0.3) is 5.91 Å². The molecule has 2 N–H and O–H groups in total. The van der Waals surface area contributed by atoms with Crippen LogP contribution in [-0.2, 0) is 14.3 Å². The van der Waals surface area contributed by atoms with Gasteiger partial charge in [-0.05, 0) is 44.0 Å². The molecule has 1 heterocycles. The summed E-state index contributed by atoms with van der Waals surface area (Å²) >= 11 is 0. The van der Waals surface area contributed by atoms with E-state index in [1.807, 2.05) is 0 Å². The number of nitrogens with one attached hydrogen (secondary N) is 2. The predicted molar refractivity (Wildman–Crippen MR) is 79.9 cm³/mol. The van der Waals surface area contributed by atoms with Gasteiger partial charge in [-0.25, -0.2) is 9.82 Å². The lowest BCUT2D eigenvalue weighted by Gasteiger charge is -2.08. The number of benzene rings is 1. The molecule has 1 aromatic rings. The van der Waals surface area contributed by atoms with Gasteiger partial charge < -0.3 is 10.1 Å². The lowest BCUT2D eigenvalue weighted by Crippen LogP contribution is -2.31. The number of anilines is 1. The fraction of sp³-hybridized carbons (Fsp3) is 0.400. The van der Waals surface area contributed by atoms with E-state index in [9.17, 15) is 14.0 Å². The lowest BCUT2D eigenvalue weighted by atomic mass is 10.2. The van der Waals surface area contributed by atoms with Crippen LogP contribution in [0, 0.1) is 5.82 Å². The van der Waals surface area contributed by atoms with Crippen molar-refractivity contribution in [3.8, 4) is 0 Å². The Bertz CT molecular complexity index is 566. The van der Waals surface area contributed by atoms with Gasteiger partial charge in [-0.3, -0.25) is 9.59 Å². The molecule has 6 nitrogen and oxygen atoms in total. The van der Waals surface area contributed by atoms with Crippen LogP contribution in [0.15, 0.2) is 29.4 Å². The van der Waals surface area contributed by atoms with Gasteiger partial charge in [-0.2, -0.15) is 5.10 Å². The Morgan fingerprint density at radius 3 is 2.73 bits per heavy atom. The van der Waals surface area contributed by atoms with Crippen LogP contribution in [0.5, 0.6) is 0 Å². The Labute approximate surface area is 127 Å². The summed E-state index contributed by atoms with van der Waals surface area (Å²) < 4.78 is 18.0. The van der Waals surface area contributed by atoms with E-state index in [0.717, 1.165) is 6.42 Å². The number of amides is 2. The third kappa shape index (κ3) is 4.92. The monoisotopic (exact) mass is 307 g/mol. The zero-order chi connectivity index (χ0) is 15.9. The maximum absolute atomic E-state index is 12.8. The van der Waals surface area contributed by atoms with Crippen molar-refractivity contribution >= 4 is 23.2 Å². The Balaban J connectivity index is 1.78. The summed E-state index contributed by atoms with van der Waals surface area (Å²) in [4.78, 5) is 23.5. The number of halogens is 1. The number of carbonyl (C=O) groups is 2. The Morgan fingerprint density at radius 2 is 2.09 bits per heavy atom. The van der Waals surface area contributed by atoms with Gasteiger partial charge >= 0.3 is 0 Å². The highest BCUT2D eigenvalue weighted by Crippen LogP contribution is 2.11. The molecule has 1 aromatic carbocycles. The van der Waals surface area contributed by atoms with Gasteiger partial charge in [0.05, 0.1) is 6.42 Å². The van der Waals surface area contributed by atoms with Gasteiger partial charge in [0.1, 0.15) is 11.9 Å². The third-order valence-corrected chi connectivity index (χ3v) is 3.12. The van der Waals surface area contributed by atoms with Crippen molar-refractivity contribution in [1.29, 1.82) is 0 Å². The first-order valence-electron chi connectivity index (χ1n) is 7.04. The van der Waals surface area contributed by atoms with Crippen LogP contribution in [0.1, 0.15) is 26.2 Å². The van der Waals surface area contributed by atoms with Crippen LogP contribution in [0.3, 0.4) is 0 Å². The highest BCUT2D eigenvalue weighted by Gasteiger charge is 2.23. The van der Waals surface area contributed by atoms with E-state index in [2.05, 4.69) is 15.8 Å². The molecule has 0 aromatic heterocycles. The molecule has 0 radical (unpaired) electrons. The standard InChI is InChI=1S/C15H18FN3O3/c1-10(18-19-15(21)13-3-2-8-22-13)9-14(20)17-12-6-4-11(16)5-7-12/h4-7,13H,2-3,8-9H2,1H3,(H,17,20)(H,19,21)/b18-10-/t13-/m1/s1. The van der Waals surface area contributed by atoms with Crippen molar-refractivity contribution in [1.82, 2.24) is 5.43 Å². The molecule has 0 saturated carbocycles. The van der Waals surface area contributed by atoms with Gasteiger partial charge in [0.15, 0.2) is 0 Å². The molecule has 0 spiro atoms. The minimum Gasteiger partial charge on any atom is -0.368 e. The summed E-state index contributed by atoms with van der Waals surface area (Å²) in [6, 6.07) is 5.47. The largest absolute Gasteiger partial charge is 0.368 e. The molecule has 0 unspecified atom stereocenters. The molecule has 1 fully saturated rings. The minimum absolute atomic E-state index is 0.0309. The van der Waals surface area contributed by atoms with Crippen molar-refractivity contribution in [3.63, 3.8) is 0 Å². The van der Waals surface area contributed by atoms with E-state index < -0.39 is 6.10 Å². The van der Waals surface area contributed by atoms with Crippen molar-refractivity contribution < 1.29 is 18.7 Å². The second kappa shape index (κ2) is 7.65. The van der Waals surface area contributed by atoms with Gasteiger partial charge in [-0.15, -0.1) is 0 Å². The zero-order valence-corrected chi connectivity index (χ0v) is 12.3. The maximum atomic E-state index is 12.8. The molecule has 2 amide bonds. The number of nitrogens with zero attached hydrogens (tertiary/aromatic N) is 1. The van der Waals surface area contributed by atoms with Gasteiger partial charge in [0, 0.05) is 18.0 Å². The number of rotatable bonds is 5. The van der Waals surface area contributed by atoms with Crippen LogP contribution in [0.2, 0.25) is 0 Å². The minimum atomic E-state index is -0.454. The average molecular weight is 307 g/mol. The van der Waals surface area contributed by atoms with E-state index in [-0.39, 0.29) is 24.1 Å². The number of ether oxygens (including phenoxy) is 1. The summed E-state index contributed by atoms with van der Waals surface area (Å²) in [6.45, 7) is 2.22. The Morgan fingerprint density at radius 1 is 1.36 bits per heavy atom. The normalized spacial score (nSPS) is 18.1. The molecule has 1 aliphatic rings. The number of carbonyl (C=O) groups excluding carboxylic acids is 2. The lowest BCUT2D eigenvalue weighted by molar-refractivity contribution is -0.130. The van der Waals surface area contributed by atoms with E-state index in [1.165, 1.54) is 24.3 Å². The first-order chi connectivity index (χ1) is 10.5. The smallest absolute Gasteiger partial charge is 0.269 e. The molecule has 7 heteroatoms. The van der Waals surface area contributed by atoms with Crippen molar-refractivity contribution in [3.05, 3.63) is 30.1 Å². The summed E-state index contributed by atoms with van der Waals surface area (Å²) in [5.41, 5.74) is 3.36. The average Bonchev–Trinajstić information content (AvgIpc) is 3.01. The molecule has 1 aliphatic heterocycles. The summed E-state index contributed by atoms with van der Waals surface area (Å²) in [6.07, 6.45) is 1.12. The first kappa shape index (κ1) is 16.1. The van der Waals surface area contributed by atoms with Gasteiger partial charge in [-0.1, -0.05) is 0 Å². The molecular formula is C15H18FN3O3. The summed E-state index contributed by atoms with van der Waals surface area (Å²) in [7, 11) is 0. The van der Waals surface area contributed by atoms with E-state index in [4.69, 9.17) is 4.74 Å². The molecule has 118 valence electrons. The quantitative estimate of drug-likeness (QED) is 0.643. The zero-order valence-electron chi connectivity index (χ0n) is 12.3. The van der Waals surface area contributed by atoms with Gasteiger partial charge in [0.2, 0.25) is 5.91 Å². The summed E-state index contributed by atoms with van der Waals surface area (Å²) in [5.74, 6) is -0.956. The van der Waals surface area contributed by atoms with Crippen LogP contribution in [-0.4, -0.2) is 30.2 Å². The van der Waals surface area contributed by atoms with Crippen LogP contribution in [0.4, 0.5) is 10.1 Å². The fourth-order valence-corrected chi connectivity index (χ4v) is 2.02. The molecule has 1 saturated heterocycles. The van der Waals surface area contributed by atoms with Crippen LogP contribution < -0.4 is 10.7 Å². The van der Waals surface area contributed by atoms with Crippen molar-refractivity contribution in [2.45, 2.75) is 32.3 Å². The molecule has 22 heavy (non-hydrogen) atoms. The van der Waals surface area contributed by atoms with E-state index in [1.54, 1.807) is 6.92 Å². The Kier molecular flexibility index (Phi) is 5.60. The second-order valence-corrected chi connectivity index (χ2v) is 5.06. The van der Waals surface area contributed by atoms with Crippen LogP contribution >= 0.6 is 0 Å². The predicted octanol–water partition coefficient (Wildman–Crippen LogP) is 1.83. The Hall–Kier alpha value is -2.28. The van der Waals surface area contributed by atoms with Crippen molar-refractivity contribution in [2.24, 2.45) is 5.10 Å². The molecular weight excluding hydrogens is 289 g/mol.